The van der Waals surface area contributed by atoms with Crippen molar-refractivity contribution in [3.8, 4) is 5.75 Å². The first-order valence-electron chi connectivity index (χ1n) is 16.7. The van der Waals surface area contributed by atoms with E-state index in [4.69, 9.17) is 9.47 Å². The Morgan fingerprint density at radius 1 is 1.00 bits per heavy atom. The van der Waals surface area contributed by atoms with Gasteiger partial charge in [-0.1, -0.05) is 39.0 Å². The largest absolute Gasteiger partial charge is 0.497 e. The number of hydrogen-bond acceptors (Lipinski definition) is 5. The smallest absolute Gasteiger partial charge is 0.166 e. The molecule has 1 N–H and O–H groups in total. The van der Waals surface area contributed by atoms with Crippen molar-refractivity contribution in [2.24, 2.45) is 46.3 Å². The van der Waals surface area contributed by atoms with Gasteiger partial charge in [-0.05, 0) is 140 Å². The maximum Gasteiger partial charge on any atom is 0.166 e. The van der Waals surface area contributed by atoms with E-state index in [0.29, 0.717) is 41.8 Å². The summed E-state index contributed by atoms with van der Waals surface area (Å²) < 4.78 is 11.8. The number of carbonyl (C=O) groups excluding carboxylic acids is 1. The molecular formula is C37H52O4S. The lowest BCUT2D eigenvalue weighted by atomic mass is 9.44. The predicted molar refractivity (Wildman–Crippen MR) is 169 cm³/mol. The number of methoxy groups -OCH3 is 1. The van der Waals surface area contributed by atoms with Crippen molar-refractivity contribution >= 4 is 17.1 Å². The highest BCUT2D eigenvalue weighted by Crippen LogP contribution is 2.68. The molecule has 6 rings (SSSR count). The first-order valence-corrected chi connectivity index (χ1v) is 17.6. The number of aliphatic hydroxyl groups is 1. The summed E-state index contributed by atoms with van der Waals surface area (Å²) in [7, 11) is 1.71. The van der Waals surface area contributed by atoms with E-state index in [1.54, 1.807) is 7.11 Å². The Morgan fingerprint density at radius 3 is 2.50 bits per heavy atom. The van der Waals surface area contributed by atoms with Crippen LogP contribution in [0.25, 0.3) is 0 Å². The van der Waals surface area contributed by atoms with Crippen molar-refractivity contribution in [2.45, 2.75) is 110 Å². The molecule has 10 atom stereocenters. The van der Waals surface area contributed by atoms with Crippen LogP contribution in [0.15, 0.2) is 41.8 Å². The molecule has 4 aliphatic carbocycles. The van der Waals surface area contributed by atoms with Crippen LogP contribution in [0.4, 0.5) is 0 Å². The minimum absolute atomic E-state index is 0.0115. The van der Waals surface area contributed by atoms with E-state index in [0.717, 1.165) is 40.7 Å². The Bertz CT molecular complexity index is 1190. The molecule has 1 heterocycles. The van der Waals surface area contributed by atoms with Gasteiger partial charge in [0.25, 0.3) is 0 Å². The number of ether oxygens (including phenoxy) is 2. The van der Waals surface area contributed by atoms with Gasteiger partial charge in [0.2, 0.25) is 0 Å². The second-order valence-corrected chi connectivity index (χ2v) is 15.8. The Kier molecular flexibility index (Phi) is 8.93. The molecule has 2 aromatic rings. The fourth-order valence-electron chi connectivity index (χ4n) is 10.6. The molecule has 0 amide bonds. The molecule has 5 heteroatoms. The summed E-state index contributed by atoms with van der Waals surface area (Å²) in [6.45, 7) is 8.35. The van der Waals surface area contributed by atoms with Gasteiger partial charge in [-0.2, -0.15) is 0 Å². The second-order valence-electron chi connectivity index (χ2n) is 14.8. The summed E-state index contributed by atoms with van der Waals surface area (Å²) in [6.07, 6.45) is 12.7. The van der Waals surface area contributed by atoms with Gasteiger partial charge in [0.05, 0.1) is 19.8 Å². The highest BCUT2D eigenvalue weighted by Gasteiger charge is 2.60. The molecule has 4 fully saturated rings. The molecular weight excluding hydrogens is 540 g/mol. The third kappa shape index (κ3) is 5.63. The van der Waals surface area contributed by atoms with Crippen LogP contribution in [0.1, 0.15) is 108 Å². The Morgan fingerprint density at radius 2 is 1.76 bits per heavy atom. The van der Waals surface area contributed by atoms with E-state index in [2.05, 4.69) is 32.9 Å². The molecule has 0 spiro atoms. The minimum atomic E-state index is -0.946. The van der Waals surface area contributed by atoms with Crippen molar-refractivity contribution in [2.75, 3.05) is 7.11 Å². The molecule has 4 saturated carbocycles. The van der Waals surface area contributed by atoms with Gasteiger partial charge in [0.15, 0.2) is 5.78 Å². The summed E-state index contributed by atoms with van der Waals surface area (Å²) in [5.74, 6) is 5.45. The third-order valence-corrected chi connectivity index (χ3v) is 13.9. The fourth-order valence-corrected chi connectivity index (χ4v) is 11.3. The molecule has 0 radical (unpaired) electrons. The van der Waals surface area contributed by atoms with Crippen molar-refractivity contribution in [1.29, 1.82) is 0 Å². The molecule has 1 aromatic heterocycles. The van der Waals surface area contributed by atoms with Crippen molar-refractivity contribution < 1.29 is 19.4 Å². The Labute approximate surface area is 257 Å². The lowest BCUT2D eigenvalue weighted by Crippen LogP contribution is -2.54. The summed E-state index contributed by atoms with van der Waals surface area (Å²) >= 11 is 1.47. The zero-order chi connectivity index (χ0) is 29.5. The highest BCUT2D eigenvalue weighted by atomic mass is 32.1. The summed E-state index contributed by atoms with van der Waals surface area (Å²) in [4.78, 5) is 13.6. The van der Waals surface area contributed by atoms with Gasteiger partial charge < -0.3 is 14.6 Å². The number of rotatable bonds is 10. The van der Waals surface area contributed by atoms with Crippen molar-refractivity contribution in [1.82, 2.24) is 0 Å². The van der Waals surface area contributed by atoms with Crippen LogP contribution in [-0.4, -0.2) is 24.1 Å². The van der Waals surface area contributed by atoms with E-state index in [-0.39, 0.29) is 5.78 Å². The van der Waals surface area contributed by atoms with Gasteiger partial charge >= 0.3 is 0 Å². The molecule has 1 aromatic carbocycles. The standard InChI is InChI=1S/C37H52O4S/c1-24(7-16-33(38)35(39)34-6-5-21-42-34)30-14-15-31-29-13-10-26-22-28(41-23-25-8-11-27(40-4)12-9-25)17-19-36(26,2)32(29)18-20-37(30,31)3/h5-6,8-9,11-12,21,24,26,28-32,35,39H,7,10,13-20,22-23H2,1-4H3/t24-,26-,28-,29+,30-,31+,32+,35?,36+,37-/m1/s1. The maximum absolute atomic E-state index is 12.8. The lowest BCUT2D eigenvalue weighted by molar-refractivity contribution is -0.138. The number of fused-ring (bicyclic) bond motifs is 5. The van der Waals surface area contributed by atoms with Gasteiger partial charge in [-0.15, -0.1) is 11.3 Å². The molecule has 0 aliphatic heterocycles. The average molecular weight is 593 g/mol. The number of Topliss-reactive ketones (excluding diaryl/α,β-unsaturated/α-hetero) is 1. The maximum atomic E-state index is 12.8. The van der Waals surface area contributed by atoms with Gasteiger partial charge in [-0.25, -0.2) is 0 Å². The molecule has 4 nitrogen and oxygen atoms in total. The van der Waals surface area contributed by atoms with Crippen molar-refractivity contribution in [3.63, 3.8) is 0 Å². The number of aliphatic hydroxyl groups excluding tert-OH is 1. The molecule has 1 unspecified atom stereocenters. The number of carbonyl (C=O) groups is 1. The van der Waals surface area contributed by atoms with Crippen LogP contribution >= 0.6 is 11.3 Å². The topological polar surface area (TPSA) is 55.8 Å². The first kappa shape index (κ1) is 30.3. The van der Waals surface area contributed by atoms with Crippen LogP contribution in [0.5, 0.6) is 5.75 Å². The molecule has 42 heavy (non-hydrogen) atoms. The normalized spacial score (nSPS) is 37.3. The number of thiophene rings is 1. The van der Waals surface area contributed by atoms with Gasteiger partial charge in [0.1, 0.15) is 11.9 Å². The van der Waals surface area contributed by atoms with Crippen LogP contribution in [0.2, 0.25) is 0 Å². The average Bonchev–Trinajstić information content (AvgIpc) is 3.66. The Hall–Kier alpha value is -1.69. The first-order chi connectivity index (χ1) is 20.2. The third-order valence-electron chi connectivity index (χ3n) is 13.0. The zero-order valence-electron chi connectivity index (χ0n) is 26.2. The van der Waals surface area contributed by atoms with Crippen molar-refractivity contribution in [3.05, 3.63) is 52.2 Å². The highest BCUT2D eigenvalue weighted by molar-refractivity contribution is 7.10. The fraction of sp³-hybridized carbons (Fsp3) is 0.703. The zero-order valence-corrected chi connectivity index (χ0v) is 27.0. The number of hydrogen-bond donors (Lipinski definition) is 1. The summed E-state index contributed by atoms with van der Waals surface area (Å²) in [5, 5.41) is 12.4. The monoisotopic (exact) mass is 592 g/mol. The van der Waals surface area contributed by atoms with Crippen LogP contribution in [0, 0.1) is 46.3 Å². The van der Waals surface area contributed by atoms with Crippen LogP contribution in [0.3, 0.4) is 0 Å². The van der Waals surface area contributed by atoms with E-state index >= 15 is 0 Å². The van der Waals surface area contributed by atoms with E-state index in [1.165, 1.54) is 74.7 Å². The summed E-state index contributed by atoms with van der Waals surface area (Å²) in [6, 6.07) is 12.1. The molecule has 4 aliphatic rings. The quantitative estimate of drug-likeness (QED) is 0.299. The SMILES string of the molecule is COc1ccc(CO[C@@H]2CC[C@@]3(C)[C@H](CC[C@@H]4[C@@H]3CC[C@]3(C)[C@@H]([C@H](C)CCC(=O)C(O)c5cccs5)CC[C@@H]43)C2)cc1. The number of benzene rings is 1. The molecule has 0 bridgehead atoms. The van der Waals surface area contributed by atoms with E-state index in [9.17, 15) is 9.90 Å². The van der Waals surface area contributed by atoms with E-state index < -0.39 is 6.10 Å². The second kappa shape index (κ2) is 12.4. The summed E-state index contributed by atoms with van der Waals surface area (Å²) in [5.41, 5.74) is 2.09. The van der Waals surface area contributed by atoms with Gasteiger partial charge in [0, 0.05) is 11.3 Å². The van der Waals surface area contributed by atoms with Gasteiger partial charge in [-0.3, -0.25) is 4.79 Å². The Balaban J connectivity index is 1.04. The molecule has 0 saturated heterocycles. The minimum Gasteiger partial charge on any atom is -0.497 e. The van der Waals surface area contributed by atoms with E-state index in [1.807, 2.05) is 29.6 Å². The number of ketones is 1. The lowest BCUT2D eigenvalue weighted by Gasteiger charge is -2.61. The van der Waals surface area contributed by atoms with Crippen LogP contribution < -0.4 is 4.74 Å². The van der Waals surface area contributed by atoms with Crippen LogP contribution in [-0.2, 0) is 16.1 Å². The molecule has 230 valence electrons. The predicted octanol–water partition coefficient (Wildman–Crippen LogP) is 9.02.